The van der Waals surface area contributed by atoms with Crippen molar-refractivity contribution in [1.29, 1.82) is 5.41 Å². The Balaban J connectivity index is 2.66. The van der Waals surface area contributed by atoms with E-state index < -0.39 is 0 Å². The Hall–Kier alpha value is -1.70. The number of ketones is 1. The summed E-state index contributed by atoms with van der Waals surface area (Å²) in [6.45, 7) is 3.84. The van der Waals surface area contributed by atoms with Crippen LogP contribution >= 0.6 is 23.4 Å². The lowest BCUT2D eigenvalue weighted by Crippen LogP contribution is -2.72. The number of thioether (sulfide) groups is 1. The summed E-state index contributed by atoms with van der Waals surface area (Å²) < 4.78 is 0. The number of carbonyl (C=O) groups excluding carboxylic acids is 2. The van der Waals surface area contributed by atoms with Gasteiger partial charge >= 0.3 is 0 Å². The van der Waals surface area contributed by atoms with Crippen LogP contribution in [0.15, 0.2) is 36.4 Å². The van der Waals surface area contributed by atoms with E-state index in [-0.39, 0.29) is 16.9 Å². The van der Waals surface area contributed by atoms with Crippen LogP contribution in [-0.2, 0) is 9.59 Å². The third-order valence-corrected chi connectivity index (χ3v) is 4.49. The maximum Gasteiger partial charge on any atom is 0.228 e. The molecular formula is C17H24ClN4O2S+. The van der Waals surface area contributed by atoms with Gasteiger partial charge in [0.25, 0.3) is 0 Å². The number of hydrogen-bond donors (Lipinski definition) is 2. The molecule has 0 aliphatic rings. The van der Waals surface area contributed by atoms with Crippen molar-refractivity contribution >= 4 is 45.9 Å². The molecule has 0 bridgehead atoms. The molecule has 1 rings (SSSR count). The van der Waals surface area contributed by atoms with Crippen LogP contribution in [0.3, 0.4) is 0 Å². The average molecular weight is 384 g/mol. The number of nitrogens with two attached hydrogens (primary N) is 1. The molecule has 6 nitrogen and oxygen atoms in total. The monoisotopic (exact) mass is 383 g/mol. The van der Waals surface area contributed by atoms with Gasteiger partial charge in [0.1, 0.15) is 22.9 Å². The zero-order valence-corrected chi connectivity index (χ0v) is 16.1. The molecule has 1 amide bonds. The molecule has 3 N–H and O–H groups in total. The van der Waals surface area contributed by atoms with E-state index in [9.17, 15) is 9.59 Å². The number of nitrogens with one attached hydrogen (secondary N) is 1. The molecule has 0 saturated carbocycles. The molecule has 25 heavy (non-hydrogen) atoms. The molecule has 0 aromatic carbocycles. The summed E-state index contributed by atoms with van der Waals surface area (Å²) in [5.41, 5.74) is 1.23. The highest BCUT2D eigenvalue weighted by atomic mass is 35.5. The second kappa shape index (κ2) is 11.8. The fourth-order valence-corrected chi connectivity index (χ4v) is 3.14. The van der Waals surface area contributed by atoms with Gasteiger partial charge in [0.2, 0.25) is 5.91 Å². The molecule has 0 fully saturated rings. The number of carbonyl (C=O) groups is 2. The third kappa shape index (κ3) is 8.29. The van der Waals surface area contributed by atoms with Crippen LogP contribution in [0, 0.1) is 5.41 Å². The SMILES string of the molecule is CCN(C(=O)CCSCCC(C)=O)/C(=C/[NH2+]c1cccnc1)C(=N)Cl. The lowest BCUT2D eigenvalue weighted by molar-refractivity contribution is -0.497. The molecule has 0 atom stereocenters. The van der Waals surface area contributed by atoms with Gasteiger partial charge in [-0.1, -0.05) is 11.6 Å². The van der Waals surface area contributed by atoms with Crippen LogP contribution in [0.25, 0.3) is 0 Å². The van der Waals surface area contributed by atoms with Gasteiger partial charge in [0.15, 0.2) is 5.69 Å². The minimum Gasteiger partial charge on any atom is -0.305 e. The largest absolute Gasteiger partial charge is 0.305 e. The first-order chi connectivity index (χ1) is 12.0. The number of hydrogen-bond acceptors (Lipinski definition) is 5. The quantitative estimate of drug-likeness (QED) is 0.453. The van der Waals surface area contributed by atoms with E-state index in [4.69, 9.17) is 17.0 Å². The number of rotatable bonds is 11. The summed E-state index contributed by atoms with van der Waals surface area (Å²) in [7, 11) is 0. The second-order valence-corrected chi connectivity index (χ2v) is 6.87. The molecule has 136 valence electrons. The summed E-state index contributed by atoms with van der Waals surface area (Å²) >= 11 is 7.47. The summed E-state index contributed by atoms with van der Waals surface area (Å²) in [5.74, 6) is 1.42. The Morgan fingerprint density at radius 1 is 1.40 bits per heavy atom. The van der Waals surface area contributed by atoms with E-state index in [2.05, 4.69) is 4.98 Å². The molecule has 8 heteroatoms. The molecule has 0 radical (unpaired) electrons. The van der Waals surface area contributed by atoms with Gasteiger partial charge in [0.05, 0.1) is 6.20 Å². The molecule has 0 spiro atoms. The first kappa shape index (κ1) is 21.3. The Morgan fingerprint density at radius 3 is 2.68 bits per heavy atom. The Bertz CT molecular complexity index is 622. The van der Waals surface area contributed by atoms with Crippen molar-refractivity contribution in [3.8, 4) is 0 Å². The predicted octanol–water partition coefficient (Wildman–Crippen LogP) is 2.28. The van der Waals surface area contributed by atoms with Crippen molar-refractivity contribution < 1.29 is 14.9 Å². The molecule has 1 aromatic heterocycles. The van der Waals surface area contributed by atoms with Gasteiger partial charge in [-0.2, -0.15) is 11.8 Å². The number of halogens is 1. The van der Waals surface area contributed by atoms with Gasteiger partial charge in [-0.05, 0) is 19.9 Å². The van der Waals surface area contributed by atoms with E-state index >= 15 is 0 Å². The highest BCUT2D eigenvalue weighted by Crippen LogP contribution is 2.12. The smallest absolute Gasteiger partial charge is 0.228 e. The van der Waals surface area contributed by atoms with Crippen molar-refractivity contribution in [2.45, 2.75) is 26.7 Å². The average Bonchev–Trinajstić information content (AvgIpc) is 2.58. The number of quaternary nitrogens is 1. The Morgan fingerprint density at radius 2 is 2.12 bits per heavy atom. The number of nitrogens with zero attached hydrogens (tertiary/aromatic N) is 2. The molecule has 0 saturated heterocycles. The fourth-order valence-electron chi connectivity index (χ4n) is 2.02. The van der Waals surface area contributed by atoms with Gasteiger partial charge in [0, 0.05) is 43.2 Å². The van der Waals surface area contributed by atoms with Crippen molar-refractivity contribution in [3.05, 3.63) is 36.4 Å². The van der Waals surface area contributed by atoms with Crippen LogP contribution in [0.2, 0.25) is 0 Å². The summed E-state index contributed by atoms with van der Waals surface area (Å²) in [4.78, 5) is 28.9. The first-order valence-electron chi connectivity index (χ1n) is 8.02. The molecular weight excluding hydrogens is 360 g/mol. The summed E-state index contributed by atoms with van der Waals surface area (Å²) in [6.07, 6.45) is 5.89. The number of allylic oxidation sites excluding steroid dienone is 1. The van der Waals surface area contributed by atoms with E-state index in [0.29, 0.717) is 30.8 Å². The van der Waals surface area contributed by atoms with Crippen molar-refractivity contribution in [2.75, 3.05) is 18.1 Å². The maximum absolute atomic E-state index is 12.5. The van der Waals surface area contributed by atoms with E-state index in [1.807, 2.05) is 19.1 Å². The van der Waals surface area contributed by atoms with Crippen LogP contribution in [0.5, 0.6) is 0 Å². The third-order valence-electron chi connectivity index (χ3n) is 3.31. The van der Waals surface area contributed by atoms with Crippen LogP contribution in [-0.4, -0.2) is 44.8 Å². The maximum atomic E-state index is 12.5. The fraction of sp³-hybridized carbons (Fsp3) is 0.412. The van der Waals surface area contributed by atoms with E-state index in [1.165, 1.54) is 4.90 Å². The molecule has 0 unspecified atom stereocenters. The summed E-state index contributed by atoms with van der Waals surface area (Å²) in [6, 6.07) is 3.69. The second-order valence-electron chi connectivity index (χ2n) is 5.27. The summed E-state index contributed by atoms with van der Waals surface area (Å²) in [5, 5.41) is 9.35. The minimum absolute atomic E-state index is 0.0888. The molecule has 1 heterocycles. The number of aromatic nitrogens is 1. The van der Waals surface area contributed by atoms with E-state index in [0.717, 1.165) is 11.4 Å². The normalized spacial score (nSPS) is 11.2. The van der Waals surface area contributed by atoms with Gasteiger partial charge < -0.3 is 4.90 Å². The van der Waals surface area contributed by atoms with E-state index in [1.54, 1.807) is 42.6 Å². The zero-order valence-electron chi connectivity index (χ0n) is 14.5. The van der Waals surface area contributed by atoms with Crippen LogP contribution in [0.4, 0.5) is 5.69 Å². The highest BCUT2D eigenvalue weighted by Gasteiger charge is 2.20. The standard InChI is InChI=1S/C17H23ClN4O2S/c1-3-22(16(24)7-10-25-9-6-13(2)23)15(17(18)19)12-21-14-5-4-8-20-11-14/h4-5,8,11-12,19,21H,3,6-7,9-10H2,1-2H3/p+1/b15-12+,19-17?. The number of amides is 1. The number of Topliss-reactive ketones (excluding diaryl/α,β-unsaturated/α-hetero) is 1. The van der Waals surface area contributed by atoms with Crippen molar-refractivity contribution in [1.82, 2.24) is 9.88 Å². The Labute approximate surface area is 157 Å². The highest BCUT2D eigenvalue weighted by molar-refractivity contribution is 7.99. The van der Waals surface area contributed by atoms with Crippen molar-refractivity contribution in [3.63, 3.8) is 0 Å². The minimum atomic E-state index is -0.181. The molecule has 0 aliphatic heterocycles. The lowest BCUT2D eigenvalue weighted by Gasteiger charge is -2.21. The van der Waals surface area contributed by atoms with Gasteiger partial charge in [-0.25, -0.2) is 0 Å². The Kier molecular flexibility index (Phi) is 10.1. The topological polar surface area (TPSA) is 90.7 Å². The first-order valence-corrected chi connectivity index (χ1v) is 9.56. The molecule has 1 aromatic rings. The lowest BCUT2D eigenvalue weighted by atomic mass is 10.3. The van der Waals surface area contributed by atoms with Crippen LogP contribution in [0.1, 0.15) is 26.7 Å². The van der Waals surface area contributed by atoms with Crippen molar-refractivity contribution in [2.24, 2.45) is 0 Å². The predicted molar refractivity (Wildman–Crippen MR) is 102 cm³/mol. The number of pyridine rings is 1. The van der Waals surface area contributed by atoms with Gasteiger partial charge in [-0.15, -0.1) is 0 Å². The molecule has 0 aliphatic carbocycles. The zero-order chi connectivity index (χ0) is 18.7. The van der Waals surface area contributed by atoms with Gasteiger partial charge in [-0.3, -0.25) is 25.3 Å². The van der Waals surface area contributed by atoms with Crippen LogP contribution < -0.4 is 5.32 Å².